The number of pyridine rings is 1. The molecule has 0 amide bonds. The van der Waals surface area contributed by atoms with Gasteiger partial charge in [0.1, 0.15) is 11.1 Å². The molecular formula is C19H19N3O3S. The van der Waals surface area contributed by atoms with Gasteiger partial charge in [-0.15, -0.1) is 0 Å². The quantitative estimate of drug-likeness (QED) is 0.710. The van der Waals surface area contributed by atoms with Crippen LogP contribution in [-0.2, 0) is 16.0 Å². The summed E-state index contributed by atoms with van der Waals surface area (Å²) in [5, 5.41) is 0. The highest BCUT2D eigenvalue weighted by atomic mass is 32.2. The van der Waals surface area contributed by atoms with Crippen molar-refractivity contribution in [2.75, 3.05) is 0 Å². The Kier molecular flexibility index (Phi) is 5.08. The molecule has 0 unspecified atom stereocenters. The number of hydrogen-bond acceptors (Lipinski definition) is 6. The highest BCUT2D eigenvalue weighted by Crippen LogP contribution is 2.31. The SMILES string of the molecule is CC(C)(C)OC(=O)Cc1ccc(Sc2ccnc3[nH]c(=O)cnc23)cc1. The minimum absolute atomic E-state index is 0.239. The minimum Gasteiger partial charge on any atom is -0.460 e. The van der Waals surface area contributed by atoms with Gasteiger partial charge in [-0.05, 0) is 44.5 Å². The van der Waals surface area contributed by atoms with E-state index in [1.807, 2.05) is 51.1 Å². The number of fused-ring (bicyclic) bond motifs is 1. The Balaban J connectivity index is 1.74. The first-order valence-corrected chi connectivity index (χ1v) is 8.94. The van der Waals surface area contributed by atoms with Crippen LogP contribution < -0.4 is 5.56 Å². The molecule has 1 N–H and O–H groups in total. The Morgan fingerprint density at radius 2 is 1.88 bits per heavy atom. The molecule has 0 radical (unpaired) electrons. The van der Waals surface area contributed by atoms with E-state index in [1.54, 1.807) is 6.20 Å². The molecule has 26 heavy (non-hydrogen) atoms. The monoisotopic (exact) mass is 369 g/mol. The molecule has 6 nitrogen and oxygen atoms in total. The predicted molar refractivity (Wildman–Crippen MR) is 100 cm³/mol. The molecule has 0 aliphatic rings. The maximum absolute atomic E-state index is 11.9. The summed E-state index contributed by atoms with van der Waals surface area (Å²) in [4.78, 5) is 36.2. The maximum Gasteiger partial charge on any atom is 0.310 e. The third-order valence-corrected chi connectivity index (χ3v) is 4.42. The third kappa shape index (κ3) is 4.70. The smallest absolute Gasteiger partial charge is 0.310 e. The molecule has 0 aliphatic carbocycles. The van der Waals surface area contributed by atoms with Crippen LogP contribution in [0.25, 0.3) is 11.2 Å². The Morgan fingerprint density at radius 3 is 2.58 bits per heavy atom. The lowest BCUT2D eigenvalue weighted by Gasteiger charge is -2.19. The number of aromatic amines is 1. The number of hydrogen-bond donors (Lipinski definition) is 1. The number of esters is 1. The zero-order chi connectivity index (χ0) is 18.7. The summed E-state index contributed by atoms with van der Waals surface area (Å²) < 4.78 is 5.34. The summed E-state index contributed by atoms with van der Waals surface area (Å²) >= 11 is 1.52. The van der Waals surface area contributed by atoms with Crippen molar-refractivity contribution in [2.24, 2.45) is 0 Å². The Hall–Kier alpha value is -2.67. The van der Waals surface area contributed by atoms with Crippen molar-refractivity contribution < 1.29 is 9.53 Å². The fraction of sp³-hybridized carbons (Fsp3) is 0.263. The Morgan fingerprint density at radius 1 is 1.15 bits per heavy atom. The van der Waals surface area contributed by atoms with Crippen LogP contribution in [0.15, 0.2) is 57.3 Å². The molecule has 0 spiro atoms. The highest BCUT2D eigenvalue weighted by Gasteiger charge is 2.16. The topological polar surface area (TPSA) is 84.9 Å². The number of carbonyl (C=O) groups excluding carboxylic acids is 1. The number of nitrogens with one attached hydrogen (secondary N) is 1. The highest BCUT2D eigenvalue weighted by molar-refractivity contribution is 7.99. The largest absolute Gasteiger partial charge is 0.460 e. The van der Waals surface area contributed by atoms with E-state index in [-0.39, 0.29) is 17.9 Å². The van der Waals surface area contributed by atoms with Crippen LogP contribution in [-0.4, -0.2) is 26.5 Å². The molecule has 1 aromatic carbocycles. The van der Waals surface area contributed by atoms with Gasteiger partial charge < -0.3 is 9.72 Å². The fourth-order valence-corrected chi connectivity index (χ4v) is 3.25. The van der Waals surface area contributed by atoms with Crippen LogP contribution in [0.2, 0.25) is 0 Å². The van der Waals surface area contributed by atoms with Crippen molar-refractivity contribution in [3.05, 3.63) is 58.6 Å². The first kappa shape index (κ1) is 18.1. The molecule has 0 saturated carbocycles. The summed E-state index contributed by atoms with van der Waals surface area (Å²) in [6.45, 7) is 5.56. The molecular weight excluding hydrogens is 350 g/mol. The van der Waals surface area contributed by atoms with E-state index >= 15 is 0 Å². The third-order valence-electron chi connectivity index (χ3n) is 3.36. The van der Waals surface area contributed by atoms with Gasteiger partial charge in [0, 0.05) is 16.0 Å². The normalized spacial score (nSPS) is 11.5. The van der Waals surface area contributed by atoms with Crippen molar-refractivity contribution in [3.8, 4) is 0 Å². The van der Waals surface area contributed by atoms with Gasteiger partial charge in [-0.3, -0.25) is 9.59 Å². The predicted octanol–water partition coefficient (Wildman–Crippen LogP) is 3.35. The summed E-state index contributed by atoms with van der Waals surface area (Å²) in [6, 6.07) is 9.56. The molecule has 2 heterocycles. The molecule has 3 rings (SSSR count). The van der Waals surface area contributed by atoms with Crippen LogP contribution in [0.3, 0.4) is 0 Å². The van der Waals surface area contributed by atoms with Crippen molar-refractivity contribution in [2.45, 2.75) is 42.6 Å². The van der Waals surface area contributed by atoms with Crippen LogP contribution in [0, 0.1) is 0 Å². The second kappa shape index (κ2) is 7.29. The number of ether oxygens (including phenoxy) is 1. The van der Waals surface area contributed by atoms with Crippen LogP contribution in [0.4, 0.5) is 0 Å². The van der Waals surface area contributed by atoms with Crippen molar-refractivity contribution in [3.63, 3.8) is 0 Å². The zero-order valence-corrected chi connectivity index (χ0v) is 15.6. The maximum atomic E-state index is 11.9. The molecule has 0 saturated heterocycles. The lowest BCUT2D eigenvalue weighted by Crippen LogP contribution is -2.24. The van der Waals surface area contributed by atoms with Gasteiger partial charge in [0.25, 0.3) is 5.56 Å². The van der Waals surface area contributed by atoms with Gasteiger partial charge in [-0.25, -0.2) is 9.97 Å². The van der Waals surface area contributed by atoms with Gasteiger partial charge in [-0.1, -0.05) is 23.9 Å². The van der Waals surface area contributed by atoms with E-state index < -0.39 is 5.60 Å². The van der Waals surface area contributed by atoms with Crippen LogP contribution in [0.5, 0.6) is 0 Å². The second-order valence-electron chi connectivity index (χ2n) is 6.76. The molecule has 7 heteroatoms. The van der Waals surface area contributed by atoms with E-state index in [9.17, 15) is 9.59 Å². The van der Waals surface area contributed by atoms with E-state index in [4.69, 9.17) is 4.74 Å². The Labute approximate surface area is 155 Å². The van der Waals surface area contributed by atoms with E-state index in [2.05, 4.69) is 15.0 Å². The molecule has 3 aromatic rings. The summed E-state index contributed by atoms with van der Waals surface area (Å²) in [7, 11) is 0. The molecule has 0 bridgehead atoms. The average Bonchev–Trinajstić information content (AvgIpc) is 2.55. The number of benzene rings is 1. The van der Waals surface area contributed by atoms with Gasteiger partial charge >= 0.3 is 5.97 Å². The van der Waals surface area contributed by atoms with Gasteiger partial charge in [0.15, 0.2) is 5.65 Å². The first-order valence-electron chi connectivity index (χ1n) is 8.13. The first-order chi connectivity index (χ1) is 12.3. The molecule has 2 aromatic heterocycles. The average molecular weight is 369 g/mol. The fourth-order valence-electron chi connectivity index (χ4n) is 2.35. The van der Waals surface area contributed by atoms with E-state index in [0.29, 0.717) is 11.2 Å². The number of carbonyl (C=O) groups is 1. The summed E-state index contributed by atoms with van der Waals surface area (Å²) in [6.07, 6.45) is 3.13. The van der Waals surface area contributed by atoms with Crippen molar-refractivity contribution in [1.82, 2.24) is 15.0 Å². The van der Waals surface area contributed by atoms with Crippen molar-refractivity contribution >= 4 is 28.9 Å². The molecule has 0 atom stereocenters. The van der Waals surface area contributed by atoms with Gasteiger partial charge in [0.2, 0.25) is 0 Å². The number of rotatable bonds is 4. The zero-order valence-electron chi connectivity index (χ0n) is 14.8. The molecule has 134 valence electrons. The van der Waals surface area contributed by atoms with E-state index in [0.717, 1.165) is 15.4 Å². The van der Waals surface area contributed by atoms with E-state index in [1.165, 1.54) is 18.0 Å². The summed E-state index contributed by atoms with van der Waals surface area (Å²) in [5.74, 6) is -0.244. The van der Waals surface area contributed by atoms with Crippen molar-refractivity contribution in [1.29, 1.82) is 0 Å². The molecule has 0 aliphatic heterocycles. The molecule has 0 fully saturated rings. The van der Waals surface area contributed by atoms with Gasteiger partial charge in [-0.2, -0.15) is 0 Å². The number of nitrogens with zero attached hydrogens (tertiary/aromatic N) is 2. The van der Waals surface area contributed by atoms with Gasteiger partial charge in [0.05, 0.1) is 12.6 Å². The standard InChI is InChI=1S/C19H19N3O3S/c1-19(2,3)25-16(24)10-12-4-6-13(7-5-12)26-14-8-9-20-18-17(14)21-11-15(23)22-18/h4-9,11H,10H2,1-3H3,(H,20,22,23). The Bertz CT molecular complexity index is 991. The second-order valence-corrected chi connectivity index (χ2v) is 7.88. The summed E-state index contributed by atoms with van der Waals surface area (Å²) in [5.41, 5.74) is 1.24. The minimum atomic E-state index is -0.483. The lowest BCUT2D eigenvalue weighted by molar-refractivity contribution is -0.153. The van der Waals surface area contributed by atoms with Crippen LogP contribution >= 0.6 is 11.8 Å². The lowest BCUT2D eigenvalue weighted by atomic mass is 10.1. The number of H-pyrrole nitrogens is 1. The number of aromatic nitrogens is 3. The van der Waals surface area contributed by atoms with Crippen LogP contribution in [0.1, 0.15) is 26.3 Å².